The lowest BCUT2D eigenvalue weighted by atomic mass is 9.98. The summed E-state index contributed by atoms with van der Waals surface area (Å²) in [5.41, 5.74) is 1.09. The Kier molecular flexibility index (Phi) is 8.27. The molecule has 4 aromatic rings. The summed E-state index contributed by atoms with van der Waals surface area (Å²) in [5, 5.41) is 0.551. The molecule has 9 nitrogen and oxygen atoms in total. The van der Waals surface area contributed by atoms with Gasteiger partial charge in [-0.1, -0.05) is 59.3 Å². The van der Waals surface area contributed by atoms with E-state index in [9.17, 15) is 14.4 Å². The van der Waals surface area contributed by atoms with Crippen molar-refractivity contribution in [3.63, 3.8) is 0 Å². The summed E-state index contributed by atoms with van der Waals surface area (Å²) in [5.74, 6) is -0.203. The number of methoxy groups -OCH3 is 1. The minimum atomic E-state index is -0.904. The first-order chi connectivity index (χ1) is 19.8. The van der Waals surface area contributed by atoms with E-state index in [0.29, 0.717) is 39.2 Å². The van der Waals surface area contributed by atoms with Crippen LogP contribution in [0.2, 0.25) is 0 Å². The van der Waals surface area contributed by atoms with Crippen molar-refractivity contribution in [2.45, 2.75) is 32.7 Å². The predicted octanol–water partition coefficient (Wildman–Crippen LogP) is 6.60. The number of ether oxygens (including phenoxy) is 3. The molecule has 11 heteroatoms. The molecule has 0 fully saturated rings. The van der Waals surface area contributed by atoms with Crippen LogP contribution in [0.5, 0.6) is 11.5 Å². The molecule has 0 bridgehead atoms. The molecule has 1 aliphatic rings. The molecule has 1 unspecified atom stereocenters. The van der Waals surface area contributed by atoms with Crippen molar-refractivity contribution in [2.75, 3.05) is 25.2 Å². The average molecular weight is 640 g/mol. The monoisotopic (exact) mass is 638 g/mol. The van der Waals surface area contributed by atoms with E-state index in [4.69, 9.17) is 18.6 Å². The number of hydrogen-bond donors (Lipinski definition) is 0. The fraction of sp³-hybridized carbons (Fsp3) is 0.267. The summed E-state index contributed by atoms with van der Waals surface area (Å²) >= 11 is 4.42. The molecule has 1 amide bonds. The van der Waals surface area contributed by atoms with Gasteiger partial charge >= 0.3 is 5.97 Å². The predicted molar refractivity (Wildman–Crippen MR) is 160 cm³/mol. The van der Waals surface area contributed by atoms with Gasteiger partial charge in [0.05, 0.1) is 36.4 Å². The normalized spacial score (nSPS) is 14.3. The quantitative estimate of drug-likeness (QED) is 0.109. The van der Waals surface area contributed by atoms with Gasteiger partial charge in [0.15, 0.2) is 22.1 Å². The van der Waals surface area contributed by atoms with Crippen molar-refractivity contribution in [3.05, 3.63) is 91.2 Å². The Labute approximate surface area is 248 Å². The van der Waals surface area contributed by atoms with Gasteiger partial charge < -0.3 is 18.6 Å². The number of aromatic nitrogens is 1. The molecule has 2 aromatic carbocycles. The Morgan fingerprint density at radius 1 is 1.22 bits per heavy atom. The standard InChI is InChI=1S/C30H27BrN2O7S/c1-5-7-13-38-21-10-8-17(14-22(21)37-4)24-23-25(34)19-15-18(31)9-11-20(19)40-26(23)28(35)33(24)30-32-16(3)27(41-30)29(36)39-12-6-2/h6,8-11,14-15,24H,2,5,7,12-13H2,1,3-4H3. The number of aryl methyl sites for hydroxylation is 1. The number of benzene rings is 2. The third kappa shape index (κ3) is 5.27. The first-order valence-electron chi connectivity index (χ1n) is 12.9. The summed E-state index contributed by atoms with van der Waals surface area (Å²) in [6, 6.07) is 9.42. The second-order valence-corrected chi connectivity index (χ2v) is 11.2. The molecular formula is C30H27BrN2O7S. The summed E-state index contributed by atoms with van der Waals surface area (Å²) in [6.07, 6.45) is 3.33. The first-order valence-corrected chi connectivity index (χ1v) is 14.6. The number of hydrogen-bond acceptors (Lipinski definition) is 9. The van der Waals surface area contributed by atoms with Crippen molar-refractivity contribution in [1.29, 1.82) is 0 Å². The van der Waals surface area contributed by atoms with Crippen LogP contribution in [0.4, 0.5) is 5.13 Å². The van der Waals surface area contributed by atoms with Gasteiger partial charge in [0.2, 0.25) is 5.76 Å². The number of esters is 1. The number of unbranched alkanes of at least 4 members (excludes halogenated alkanes) is 1. The Bertz CT molecular complexity index is 1730. The molecule has 0 aliphatic carbocycles. The van der Waals surface area contributed by atoms with E-state index in [0.717, 1.165) is 24.2 Å². The summed E-state index contributed by atoms with van der Waals surface area (Å²) in [4.78, 5) is 46.8. The zero-order valence-corrected chi connectivity index (χ0v) is 25.1. The van der Waals surface area contributed by atoms with E-state index in [1.54, 1.807) is 43.3 Å². The highest BCUT2D eigenvalue weighted by Gasteiger charge is 2.45. The average Bonchev–Trinajstić information content (AvgIpc) is 3.49. The van der Waals surface area contributed by atoms with Crippen LogP contribution in [0.25, 0.3) is 11.0 Å². The van der Waals surface area contributed by atoms with Gasteiger partial charge in [-0.3, -0.25) is 14.5 Å². The Balaban J connectivity index is 1.69. The van der Waals surface area contributed by atoms with Gasteiger partial charge in [-0.05, 0) is 49.2 Å². The van der Waals surface area contributed by atoms with E-state index in [2.05, 4.69) is 34.4 Å². The number of anilines is 1. The Morgan fingerprint density at radius 3 is 2.76 bits per heavy atom. The Hall–Kier alpha value is -3.96. The van der Waals surface area contributed by atoms with E-state index >= 15 is 0 Å². The molecule has 0 spiro atoms. The lowest BCUT2D eigenvalue weighted by molar-refractivity contribution is 0.0554. The van der Waals surface area contributed by atoms with Crippen LogP contribution in [-0.4, -0.2) is 37.2 Å². The van der Waals surface area contributed by atoms with E-state index < -0.39 is 17.9 Å². The smallest absolute Gasteiger partial charge is 0.350 e. The van der Waals surface area contributed by atoms with Gasteiger partial charge in [0.1, 0.15) is 17.1 Å². The second-order valence-electron chi connectivity index (χ2n) is 9.30. The largest absolute Gasteiger partial charge is 0.493 e. The SMILES string of the molecule is C=CCOC(=O)c1sc(N2C(=O)c3oc4ccc(Br)cc4c(=O)c3C2c2ccc(OCCCC)c(OC)c2)nc1C. The van der Waals surface area contributed by atoms with Crippen LogP contribution >= 0.6 is 27.3 Å². The van der Waals surface area contributed by atoms with Crippen LogP contribution in [-0.2, 0) is 4.74 Å². The Morgan fingerprint density at radius 2 is 2.02 bits per heavy atom. The lowest BCUT2D eigenvalue weighted by Crippen LogP contribution is -2.29. The number of carbonyl (C=O) groups excluding carboxylic acids is 2. The third-order valence-corrected chi connectivity index (χ3v) is 8.23. The van der Waals surface area contributed by atoms with Crippen LogP contribution < -0.4 is 19.8 Å². The topological polar surface area (TPSA) is 108 Å². The molecule has 41 heavy (non-hydrogen) atoms. The number of nitrogens with zero attached hydrogens (tertiary/aromatic N) is 2. The van der Waals surface area contributed by atoms with Gasteiger partial charge in [-0.15, -0.1) is 0 Å². The van der Waals surface area contributed by atoms with Crippen molar-refractivity contribution < 1.29 is 28.2 Å². The first kappa shape index (κ1) is 28.6. The number of thiazole rings is 1. The van der Waals surface area contributed by atoms with Gasteiger partial charge in [0, 0.05) is 4.47 Å². The number of halogens is 1. The van der Waals surface area contributed by atoms with Crippen LogP contribution in [0.15, 0.2) is 62.7 Å². The van der Waals surface area contributed by atoms with Gasteiger partial charge in [-0.2, -0.15) is 0 Å². The van der Waals surface area contributed by atoms with Gasteiger partial charge in [0.25, 0.3) is 5.91 Å². The zero-order chi connectivity index (χ0) is 29.3. The highest BCUT2D eigenvalue weighted by Crippen LogP contribution is 2.45. The van der Waals surface area contributed by atoms with E-state index in [1.807, 2.05) is 0 Å². The molecule has 2 aromatic heterocycles. The highest BCUT2D eigenvalue weighted by molar-refractivity contribution is 9.10. The second kappa shape index (κ2) is 11.9. The minimum Gasteiger partial charge on any atom is -0.493 e. The third-order valence-electron chi connectivity index (χ3n) is 6.60. The molecule has 0 radical (unpaired) electrons. The highest BCUT2D eigenvalue weighted by atomic mass is 79.9. The lowest BCUT2D eigenvalue weighted by Gasteiger charge is -2.23. The molecule has 5 rings (SSSR count). The summed E-state index contributed by atoms with van der Waals surface area (Å²) in [7, 11) is 1.53. The number of fused-ring (bicyclic) bond motifs is 2. The fourth-order valence-electron chi connectivity index (χ4n) is 4.63. The van der Waals surface area contributed by atoms with Crippen molar-refractivity contribution in [3.8, 4) is 11.5 Å². The van der Waals surface area contributed by atoms with Crippen molar-refractivity contribution >= 4 is 55.2 Å². The summed E-state index contributed by atoms with van der Waals surface area (Å²) in [6.45, 7) is 7.86. The molecule has 3 heterocycles. The minimum absolute atomic E-state index is 0.0370. The van der Waals surface area contributed by atoms with Crippen molar-refractivity contribution in [2.24, 2.45) is 0 Å². The maximum absolute atomic E-state index is 14.0. The van der Waals surface area contributed by atoms with Crippen LogP contribution in [0.1, 0.15) is 62.9 Å². The number of amides is 1. The summed E-state index contributed by atoms with van der Waals surface area (Å²) < 4.78 is 23.5. The molecule has 212 valence electrons. The maximum atomic E-state index is 14.0. The van der Waals surface area contributed by atoms with E-state index in [1.165, 1.54) is 18.1 Å². The number of rotatable bonds is 10. The maximum Gasteiger partial charge on any atom is 0.350 e. The molecule has 0 saturated heterocycles. The molecule has 0 N–H and O–H groups in total. The fourth-order valence-corrected chi connectivity index (χ4v) is 5.98. The van der Waals surface area contributed by atoms with Crippen molar-refractivity contribution in [1.82, 2.24) is 4.98 Å². The molecule has 0 saturated carbocycles. The molecule has 1 atom stereocenters. The molecule has 1 aliphatic heterocycles. The molecular weight excluding hydrogens is 612 g/mol. The van der Waals surface area contributed by atoms with Gasteiger partial charge in [-0.25, -0.2) is 9.78 Å². The zero-order valence-electron chi connectivity index (χ0n) is 22.7. The number of carbonyl (C=O) groups is 2. The van der Waals surface area contributed by atoms with Crippen LogP contribution in [0.3, 0.4) is 0 Å². The van der Waals surface area contributed by atoms with E-state index in [-0.39, 0.29) is 39.0 Å². The van der Waals surface area contributed by atoms with Crippen LogP contribution in [0, 0.1) is 6.92 Å².